The smallest absolute Gasteiger partial charge is 0.278 e. The fraction of sp³-hybridized carbons (Fsp3) is 0.333. The number of hydrogen-bond acceptors (Lipinski definition) is 4. The average molecular weight is 392 g/mol. The van der Waals surface area contributed by atoms with Crippen LogP contribution in [-0.2, 0) is 16.0 Å². The summed E-state index contributed by atoms with van der Waals surface area (Å²) in [6.45, 7) is 8.47. The molecule has 0 atom stereocenters. The highest BCUT2D eigenvalue weighted by atomic mass is 16.5. The Balaban J connectivity index is 1.98. The van der Waals surface area contributed by atoms with E-state index in [-0.39, 0.29) is 17.9 Å². The lowest BCUT2D eigenvalue weighted by atomic mass is 10.0. The van der Waals surface area contributed by atoms with Crippen LogP contribution in [0.2, 0.25) is 0 Å². The molecule has 0 bridgehead atoms. The van der Waals surface area contributed by atoms with Gasteiger partial charge in [0.15, 0.2) is 0 Å². The molecule has 3 rings (SSSR count). The van der Waals surface area contributed by atoms with E-state index in [9.17, 15) is 9.59 Å². The molecule has 0 saturated heterocycles. The van der Waals surface area contributed by atoms with Gasteiger partial charge in [-0.15, -0.1) is 0 Å². The minimum Gasteiger partial charge on any atom is -0.494 e. The summed E-state index contributed by atoms with van der Waals surface area (Å²) in [6, 6.07) is 15.0. The van der Waals surface area contributed by atoms with Crippen LogP contribution in [0.15, 0.2) is 54.2 Å². The van der Waals surface area contributed by atoms with E-state index in [0.717, 1.165) is 24.3 Å². The number of hydrogen-bond donors (Lipinski definition) is 1. The van der Waals surface area contributed by atoms with Crippen molar-refractivity contribution in [2.75, 3.05) is 11.9 Å². The van der Waals surface area contributed by atoms with E-state index in [1.807, 2.05) is 69.3 Å². The second kappa shape index (κ2) is 8.95. The van der Waals surface area contributed by atoms with Crippen molar-refractivity contribution in [2.45, 2.75) is 46.6 Å². The number of carbonyl (C=O) groups is 2. The fourth-order valence-corrected chi connectivity index (χ4v) is 3.31. The van der Waals surface area contributed by atoms with Crippen molar-refractivity contribution in [3.05, 3.63) is 65.4 Å². The van der Waals surface area contributed by atoms with E-state index < -0.39 is 0 Å². The number of rotatable bonds is 8. The Bertz CT molecular complexity index is 912. The molecule has 2 aromatic rings. The molecule has 29 heavy (non-hydrogen) atoms. The van der Waals surface area contributed by atoms with Crippen LogP contribution in [0.4, 0.5) is 5.69 Å². The summed E-state index contributed by atoms with van der Waals surface area (Å²) in [6.07, 6.45) is 1.87. The monoisotopic (exact) mass is 392 g/mol. The maximum atomic E-state index is 13.1. The lowest BCUT2D eigenvalue weighted by Gasteiger charge is -2.19. The zero-order valence-electron chi connectivity index (χ0n) is 17.5. The molecule has 0 aromatic heterocycles. The van der Waals surface area contributed by atoms with Crippen molar-refractivity contribution in [1.82, 2.24) is 4.90 Å². The number of anilines is 1. The van der Waals surface area contributed by atoms with Gasteiger partial charge in [-0.3, -0.25) is 14.5 Å². The molecule has 0 spiro atoms. The van der Waals surface area contributed by atoms with Crippen LogP contribution >= 0.6 is 0 Å². The summed E-state index contributed by atoms with van der Waals surface area (Å²) in [4.78, 5) is 27.4. The Morgan fingerprint density at radius 3 is 2.14 bits per heavy atom. The van der Waals surface area contributed by atoms with Crippen molar-refractivity contribution in [1.29, 1.82) is 0 Å². The fourth-order valence-electron chi connectivity index (χ4n) is 3.31. The number of aryl methyl sites for hydroxylation is 1. The minimum atomic E-state index is -0.300. The normalized spacial score (nSPS) is 14.2. The largest absolute Gasteiger partial charge is 0.494 e. The first-order valence-corrected chi connectivity index (χ1v) is 10.2. The zero-order chi connectivity index (χ0) is 21.0. The molecule has 2 amide bonds. The molecule has 5 nitrogen and oxygen atoms in total. The van der Waals surface area contributed by atoms with Crippen LogP contribution in [0.1, 0.15) is 45.2 Å². The van der Waals surface area contributed by atoms with E-state index in [1.165, 1.54) is 10.5 Å². The highest BCUT2D eigenvalue weighted by molar-refractivity contribution is 6.36. The molecule has 0 aliphatic carbocycles. The topological polar surface area (TPSA) is 58.6 Å². The number of carbonyl (C=O) groups excluding carboxylic acids is 2. The van der Waals surface area contributed by atoms with Gasteiger partial charge in [-0.1, -0.05) is 38.1 Å². The van der Waals surface area contributed by atoms with Crippen LogP contribution in [0.25, 0.3) is 5.57 Å². The maximum Gasteiger partial charge on any atom is 0.278 e. The molecule has 5 heteroatoms. The second-order valence-corrected chi connectivity index (χ2v) is 7.37. The second-order valence-electron chi connectivity index (χ2n) is 7.37. The zero-order valence-corrected chi connectivity index (χ0v) is 17.5. The van der Waals surface area contributed by atoms with Crippen LogP contribution < -0.4 is 10.1 Å². The molecule has 1 aliphatic rings. The highest BCUT2D eigenvalue weighted by Crippen LogP contribution is 2.32. The lowest BCUT2D eigenvalue weighted by Crippen LogP contribution is -2.38. The van der Waals surface area contributed by atoms with Crippen molar-refractivity contribution in [3.63, 3.8) is 0 Å². The number of nitrogens with one attached hydrogen (secondary N) is 1. The number of imide groups is 1. The molecule has 0 saturated carbocycles. The summed E-state index contributed by atoms with van der Waals surface area (Å²) in [5.41, 5.74) is 3.40. The van der Waals surface area contributed by atoms with Gasteiger partial charge in [-0.2, -0.15) is 0 Å². The van der Waals surface area contributed by atoms with Gasteiger partial charge < -0.3 is 10.1 Å². The summed E-state index contributed by atoms with van der Waals surface area (Å²) < 4.78 is 5.63. The van der Waals surface area contributed by atoms with Crippen molar-refractivity contribution in [3.8, 4) is 5.75 Å². The Morgan fingerprint density at radius 2 is 1.59 bits per heavy atom. The van der Waals surface area contributed by atoms with Gasteiger partial charge in [-0.05, 0) is 62.1 Å². The number of nitrogens with zero attached hydrogens (tertiary/aromatic N) is 1. The SMILES string of the molecule is CCCOc1ccc(C2=C(Nc3ccc(CC)cc3)C(=O)N(C(C)C)C2=O)cc1. The standard InChI is InChI=1S/C24H28N2O3/c1-5-15-29-20-13-9-18(10-14-20)21-22(24(28)26(16(3)4)23(21)27)25-19-11-7-17(6-2)8-12-19/h7-14,16,25H,5-6,15H2,1-4H3. The van der Waals surface area contributed by atoms with E-state index in [1.54, 1.807) is 0 Å². The third-order valence-electron chi connectivity index (χ3n) is 4.88. The van der Waals surface area contributed by atoms with E-state index in [0.29, 0.717) is 23.4 Å². The molecule has 152 valence electrons. The Labute approximate surface area is 172 Å². The molecule has 0 unspecified atom stereocenters. The van der Waals surface area contributed by atoms with Crippen LogP contribution in [0.5, 0.6) is 5.75 Å². The van der Waals surface area contributed by atoms with Gasteiger partial charge in [0, 0.05) is 11.7 Å². The van der Waals surface area contributed by atoms with Crippen molar-refractivity contribution >= 4 is 23.1 Å². The first-order valence-electron chi connectivity index (χ1n) is 10.2. The van der Waals surface area contributed by atoms with E-state index in [2.05, 4.69) is 12.2 Å². The molecule has 1 N–H and O–H groups in total. The van der Waals surface area contributed by atoms with Gasteiger partial charge in [0.2, 0.25) is 0 Å². The number of benzene rings is 2. The van der Waals surface area contributed by atoms with E-state index >= 15 is 0 Å². The predicted octanol–water partition coefficient (Wildman–Crippen LogP) is 4.64. The first kappa shape index (κ1) is 20.6. The molecular formula is C24H28N2O3. The van der Waals surface area contributed by atoms with Crippen molar-refractivity contribution < 1.29 is 14.3 Å². The molecular weight excluding hydrogens is 364 g/mol. The van der Waals surface area contributed by atoms with Crippen LogP contribution in [0.3, 0.4) is 0 Å². The van der Waals surface area contributed by atoms with Gasteiger partial charge in [0.25, 0.3) is 11.8 Å². The minimum absolute atomic E-state index is 0.223. The number of amides is 2. The predicted molar refractivity (Wildman–Crippen MR) is 116 cm³/mol. The van der Waals surface area contributed by atoms with Crippen molar-refractivity contribution in [2.24, 2.45) is 0 Å². The average Bonchev–Trinajstić information content (AvgIpc) is 2.97. The Morgan fingerprint density at radius 1 is 0.931 bits per heavy atom. The molecule has 1 aliphatic heterocycles. The molecule has 0 radical (unpaired) electrons. The van der Waals surface area contributed by atoms with Gasteiger partial charge in [0.05, 0.1) is 12.2 Å². The number of ether oxygens (including phenoxy) is 1. The van der Waals surface area contributed by atoms with Gasteiger partial charge >= 0.3 is 0 Å². The summed E-state index contributed by atoms with van der Waals surface area (Å²) in [5.74, 6) is 0.170. The summed E-state index contributed by atoms with van der Waals surface area (Å²) >= 11 is 0. The Kier molecular flexibility index (Phi) is 6.37. The quantitative estimate of drug-likeness (QED) is 0.665. The maximum absolute atomic E-state index is 13.1. The molecule has 2 aromatic carbocycles. The van der Waals surface area contributed by atoms with Crippen LogP contribution in [0, 0.1) is 0 Å². The lowest BCUT2D eigenvalue weighted by molar-refractivity contribution is -0.138. The first-order chi connectivity index (χ1) is 14.0. The van der Waals surface area contributed by atoms with Crippen LogP contribution in [-0.4, -0.2) is 29.4 Å². The molecule has 1 heterocycles. The van der Waals surface area contributed by atoms with Gasteiger partial charge in [-0.25, -0.2) is 0 Å². The third kappa shape index (κ3) is 4.34. The summed E-state index contributed by atoms with van der Waals surface area (Å²) in [5, 5.41) is 3.19. The highest BCUT2D eigenvalue weighted by Gasteiger charge is 2.40. The van der Waals surface area contributed by atoms with E-state index in [4.69, 9.17) is 4.74 Å². The third-order valence-corrected chi connectivity index (χ3v) is 4.88. The van der Waals surface area contributed by atoms with Gasteiger partial charge in [0.1, 0.15) is 11.4 Å². The summed E-state index contributed by atoms with van der Waals surface area (Å²) in [7, 11) is 0. The molecule has 0 fully saturated rings. The Hall–Kier alpha value is -3.08.